The SMILES string of the molecule is COc1cc2c(cc1OC)C1(CCN(C(=O)[C@H]3CCC(=O)N3)CC1)OCC2. The Morgan fingerprint density at radius 2 is 1.89 bits per heavy atom. The lowest BCUT2D eigenvalue weighted by Gasteiger charge is -2.45. The average Bonchev–Trinajstić information content (AvgIpc) is 3.14. The van der Waals surface area contributed by atoms with Gasteiger partial charge in [0.2, 0.25) is 11.8 Å². The van der Waals surface area contributed by atoms with E-state index < -0.39 is 0 Å². The highest BCUT2D eigenvalue weighted by Gasteiger charge is 2.43. The average molecular weight is 374 g/mol. The molecular formula is C20H26N2O5. The van der Waals surface area contributed by atoms with Gasteiger partial charge >= 0.3 is 0 Å². The first-order valence-corrected chi connectivity index (χ1v) is 9.54. The van der Waals surface area contributed by atoms with E-state index in [2.05, 4.69) is 5.32 Å². The second kappa shape index (κ2) is 7.03. The van der Waals surface area contributed by atoms with E-state index >= 15 is 0 Å². The molecule has 0 unspecified atom stereocenters. The van der Waals surface area contributed by atoms with E-state index in [-0.39, 0.29) is 23.5 Å². The van der Waals surface area contributed by atoms with Crippen LogP contribution >= 0.6 is 0 Å². The summed E-state index contributed by atoms with van der Waals surface area (Å²) in [4.78, 5) is 26.0. The van der Waals surface area contributed by atoms with Crippen LogP contribution in [0.1, 0.15) is 36.8 Å². The molecule has 2 fully saturated rings. The molecule has 1 spiro atoms. The minimum Gasteiger partial charge on any atom is -0.493 e. The molecule has 0 bridgehead atoms. The first-order chi connectivity index (χ1) is 13.1. The van der Waals surface area contributed by atoms with Crippen molar-refractivity contribution in [3.8, 4) is 11.5 Å². The van der Waals surface area contributed by atoms with Gasteiger partial charge in [-0.1, -0.05) is 0 Å². The van der Waals surface area contributed by atoms with Gasteiger partial charge in [-0.15, -0.1) is 0 Å². The number of nitrogens with one attached hydrogen (secondary N) is 1. The molecule has 4 rings (SSSR count). The molecule has 2 amide bonds. The minimum atomic E-state index is -0.386. The molecule has 3 heterocycles. The molecule has 1 aromatic carbocycles. The van der Waals surface area contributed by atoms with Crippen molar-refractivity contribution in [2.75, 3.05) is 33.9 Å². The standard InChI is InChI=1S/C20H26N2O5/c1-25-16-11-13-5-10-27-20(14(13)12-17(16)26-2)6-8-22(9-7-20)19(24)15-3-4-18(23)21-15/h11-12,15H,3-10H2,1-2H3,(H,21,23)/t15-/m1/s1. The number of hydrogen-bond acceptors (Lipinski definition) is 5. The van der Waals surface area contributed by atoms with E-state index in [1.54, 1.807) is 14.2 Å². The third-order valence-electron chi connectivity index (χ3n) is 6.03. The van der Waals surface area contributed by atoms with Gasteiger partial charge in [-0.25, -0.2) is 0 Å². The van der Waals surface area contributed by atoms with Crippen molar-refractivity contribution in [1.82, 2.24) is 10.2 Å². The van der Waals surface area contributed by atoms with Gasteiger partial charge in [-0.3, -0.25) is 9.59 Å². The number of carbonyl (C=O) groups excluding carboxylic acids is 2. The van der Waals surface area contributed by atoms with Gasteiger partial charge in [0.05, 0.1) is 26.4 Å². The van der Waals surface area contributed by atoms with Crippen LogP contribution in [0.2, 0.25) is 0 Å². The van der Waals surface area contributed by atoms with Gasteiger partial charge in [0.1, 0.15) is 6.04 Å². The van der Waals surface area contributed by atoms with E-state index in [0.717, 1.165) is 30.6 Å². The lowest BCUT2D eigenvalue weighted by Crippen LogP contribution is -2.52. The van der Waals surface area contributed by atoms with Crippen molar-refractivity contribution in [1.29, 1.82) is 0 Å². The van der Waals surface area contributed by atoms with E-state index in [1.807, 2.05) is 17.0 Å². The summed E-state index contributed by atoms with van der Waals surface area (Å²) < 4.78 is 17.2. The Hall–Kier alpha value is -2.28. The van der Waals surface area contributed by atoms with Crippen molar-refractivity contribution >= 4 is 11.8 Å². The van der Waals surface area contributed by atoms with Crippen molar-refractivity contribution in [3.63, 3.8) is 0 Å². The molecule has 146 valence electrons. The molecular weight excluding hydrogens is 348 g/mol. The van der Waals surface area contributed by atoms with Crippen LogP contribution in [-0.4, -0.2) is 56.7 Å². The molecule has 27 heavy (non-hydrogen) atoms. The first-order valence-electron chi connectivity index (χ1n) is 9.54. The largest absolute Gasteiger partial charge is 0.493 e. The Morgan fingerprint density at radius 1 is 1.19 bits per heavy atom. The number of methoxy groups -OCH3 is 2. The summed E-state index contributed by atoms with van der Waals surface area (Å²) >= 11 is 0. The number of fused-ring (bicyclic) bond motifs is 2. The Kier molecular flexibility index (Phi) is 4.72. The third-order valence-corrected chi connectivity index (χ3v) is 6.03. The number of amides is 2. The van der Waals surface area contributed by atoms with Crippen LogP contribution in [0.15, 0.2) is 12.1 Å². The lowest BCUT2D eigenvalue weighted by atomic mass is 9.79. The number of ether oxygens (including phenoxy) is 3. The molecule has 0 saturated carbocycles. The van der Waals surface area contributed by atoms with Crippen LogP contribution in [0.5, 0.6) is 11.5 Å². The summed E-state index contributed by atoms with van der Waals surface area (Å²) in [5.74, 6) is 1.43. The molecule has 7 heteroatoms. The normalized spacial score (nSPS) is 23.7. The van der Waals surface area contributed by atoms with E-state index in [9.17, 15) is 9.59 Å². The van der Waals surface area contributed by atoms with E-state index in [1.165, 1.54) is 5.56 Å². The van der Waals surface area contributed by atoms with Crippen molar-refractivity contribution in [2.45, 2.75) is 43.7 Å². The third kappa shape index (κ3) is 3.14. The Morgan fingerprint density at radius 3 is 2.52 bits per heavy atom. The van der Waals surface area contributed by atoms with Crippen molar-refractivity contribution in [3.05, 3.63) is 23.3 Å². The second-order valence-electron chi connectivity index (χ2n) is 7.44. The van der Waals surface area contributed by atoms with E-state index in [0.29, 0.717) is 38.3 Å². The molecule has 3 aliphatic heterocycles. The predicted octanol–water partition coefficient (Wildman–Crippen LogP) is 1.37. The van der Waals surface area contributed by atoms with E-state index in [4.69, 9.17) is 14.2 Å². The molecule has 0 aliphatic carbocycles. The molecule has 2 saturated heterocycles. The van der Waals surface area contributed by atoms with Gasteiger partial charge in [0.25, 0.3) is 0 Å². The number of benzene rings is 1. The molecule has 1 atom stereocenters. The zero-order valence-corrected chi connectivity index (χ0v) is 15.9. The number of rotatable bonds is 3. The molecule has 3 aliphatic rings. The smallest absolute Gasteiger partial charge is 0.245 e. The highest BCUT2D eigenvalue weighted by atomic mass is 16.5. The fourth-order valence-electron chi connectivity index (χ4n) is 4.51. The predicted molar refractivity (Wildman–Crippen MR) is 97.9 cm³/mol. The Bertz CT molecular complexity index is 755. The first kappa shape index (κ1) is 18.1. The molecule has 7 nitrogen and oxygen atoms in total. The van der Waals surface area contributed by atoms with Crippen molar-refractivity contribution < 1.29 is 23.8 Å². The number of hydrogen-bond donors (Lipinski definition) is 1. The van der Waals surface area contributed by atoms with Gasteiger partial charge in [-0.2, -0.15) is 0 Å². The molecule has 0 aromatic heterocycles. The Balaban J connectivity index is 1.53. The topological polar surface area (TPSA) is 77.1 Å². The van der Waals surface area contributed by atoms with Crippen molar-refractivity contribution in [2.24, 2.45) is 0 Å². The fourth-order valence-corrected chi connectivity index (χ4v) is 4.51. The number of likely N-dealkylation sites (tertiary alicyclic amines) is 1. The zero-order chi connectivity index (χ0) is 19.0. The lowest BCUT2D eigenvalue weighted by molar-refractivity contribution is -0.143. The van der Waals surface area contributed by atoms with Gasteiger partial charge in [-0.05, 0) is 48.9 Å². The van der Waals surface area contributed by atoms with Gasteiger partial charge in [0, 0.05) is 19.5 Å². The maximum atomic E-state index is 12.7. The summed E-state index contributed by atoms with van der Waals surface area (Å²) in [6.07, 6.45) is 3.35. The zero-order valence-electron chi connectivity index (χ0n) is 15.9. The van der Waals surface area contributed by atoms with Crippen LogP contribution in [0.3, 0.4) is 0 Å². The Labute approximate surface area is 158 Å². The quantitative estimate of drug-likeness (QED) is 0.865. The number of nitrogens with zero attached hydrogens (tertiary/aromatic N) is 1. The van der Waals surface area contributed by atoms with Crippen LogP contribution in [-0.2, 0) is 26.3 Å². The second-order valence-corrected chi connectivity index (χ2v) is 7.44. The fraction of sp³-hybridized carbons (Fsp3) is 0.600. The van der Waals surface area contributed by atoms with Gasteiger partial charge < -0.3 is 24.4 Å². The monoisotopic (exact) mass is 374 g/mol. The highest BCUT2D eigenvalue weighted by Crippen LogP contribution is 2.45. The van der Waals surface area contributed by atoms with Crippen LogP contribution < -0.4 is 14.8 Å². The summed E-state index contributed by atoms with van der Waals surface area (Å²) in [5.41, 5.74) is 1.98. The summed E-state index contributed by atoms with van der Waals surface area (Å²) in [6, 6.07) is 3.71. The maximum absolute atomic E-state index is 12.7. The van der Waals surface area contributed by atoms with Crippen LogP contribution in [0.4, 0.5) is 0 Å². The molecule has 1 aromatic rings. The summed E-state index contributed by atoms with van der Waals surface area (Å²) in [7, 11) is 3.28. The molecule has 0 radical (unpaired) electrons. The maximum Gasteiger partial charge on any atom is 0.245 e. The van der Waals surface area contributed by atoms with Crippen LogP contribution in [0.25, 0.3) is 0 Å². The summed E-state index contributed by atoms with van der Waals surface area (Å²) in [6.45, 7) is 1.91. The highest BCUT2D eigenvalue weighted by molar-refractivity contribution is 5.90. The number of carbonyl (C=O) groups is 2. The molecule has 1 N–H and O–H groups in total. The van der Waals surface area contributed by atoms with Crippen LogP contribution in [0, 0.1) is 0 Å². The number of piperidine rings is 1. The minimum absolute atomic E-state index is 0.0269. The summed E-state index contributed by atoms with van der Waals surface area (Å²) in [5, 5.41) is 2.77. The van der Waals surface area contributed by atoms with Gasteiger partial charge in [0.15, 0.2) is 11.5 Å².